The van der Waals surface area contributed by atoms with Crippen LogP contribution in [0.4, 0.5) is 0 Å². The van der Waals surface area contributed by atoms with Crippen molar-refractivity contribution in [2.45, 2.75) is 10.9 Å². The Hall–Kier alpha value is -1.40. The van der Waals surface area contributed by atoms with Gasteiger partial charge in [-0.15, -0.1) is 0 Å². The molecule has 0 bridgehead atoms. The number of carbonyl (C=O) groups is 1. The SMILES string of the molecule is CS(=O)(=O)c1cccc(C(=O)NC2[C@H]3CNC[C@@H]23)c1. The van der Waals surface area contributed by atoms with E-state index in [2.05, 4.69) is 10.6 Å². The minimum atomic E-state index is -3.28. The number of fused-ring (bicyclic) bond motifs is 1. The molecule has 2 aliphatic rings. The molecule has 0 aromatic heterocycles. The highest BCUT2D eigenvalue weighted by Crippen LogP contribution is 2.41. The molecule has 1 heterocycles. The van der Waals surface area contributed by atoms with Gasteiger partial charge < -0.3 is 10.6 Å². The Balaban J connectivity index is 1.73. The van der Waals surface area contributed by atoms with Crippen LogP contribution in [-0.2, 0) is 9.84 Å². The molecule has 1 saturated heterocycles. The van der Waals surface area contributed by atoms with Crippen molar-refractivity contribution < 1.29 is 13.2 Å². The normalized spacial score (nSPS) is 28.8. The number of benzene rings is 1. The molecule has 0 spiro atoms. The minimum absolute atomic E-state index is 0.179. The zero-order valence-electron chi connectivity index (χ0n) is 10.6. The second-order valence-electron chi connectivity index (χ2n) is 5.29. The lowest BCUT2D eigenvalue weighted by molar-refractivity contribution is 0.0946. The fourth-order valence-electron chi connectivity index (χ4n) is 2.74. The molecule has 6 heteroatoms. The molecule has 19 heavy (non-hydrogen) atoms. The highest BCUT2D eigenvalue weighted by Gasteiger charge is 2.53. The summed E-state index contributed by atoms with van der Waals surface area (Å²) in [5.41, 5.74) is 0.404. The van der Waals surface area contributed by atoms with Gasteiger partial charge in [-0.1, -0.05) is 6.07 Å². The Kier molecular flexibility index (Phi) is 2.87. The fourth-order valence-corrected chi connectivity index (χ4v) is 3.40. The van der Waals surface area contributed by atoms with Crippen LogP contribution in [0.25, 0.3) is 0 Å². The molecule has 1 aromatic rings. The van der Waals surface area contributed by atoms with Crippen molar-refractivity contribution in [3.63, 3.8) is 0 Å². The van der Waals surface area contributed by atoms with Crippen molar-refractivity contribution in [2.75, 3.05) is 19.3 Å². The number of hydrogen-bond acceptors (Lipinski definition) is 4. The standard InChI is InChI=1S/C13H16N2O3S/c1-19(17,18)9-4-2-3-8(5-9)13(16)15-12-10-6-14-7-11(10)12/h2-5,10-12,14H,6-7H2,1H3,(H,15,16)/t10-,11+,12?. The molecule has 2 fully saturated rings. The number of sulfone groups is 1. The third-order valence-electron chi connectivity index (χ3n) is 3.91. The van der Waals surface area contributed by atoms with E-state index in [1.54, 1.807) is 12.1 Å². The lowest BCUT2D eigenvalue weighted by atomic mass is 10.2. The van der Waals surface area contributed by atoms with Crippen molar-refractivity contribution in [1.29, 1.82) is 0 Å². The molecular weight excluding hydrogens is 264 g/mol. The lowest BCUT2D eigenvalue weighted by Gasteiger charge is -2.08. The zero-order chi connectivity index (χ0) is 13.6. The number of amides is 1. The summed E-state index contributed by atoms with van der Waals surface area (Å²) in [6.07, 6.45) is 1.14. The number of nitrogens with one attached hydrogen (secondary N) is 2. The predicted octanol–water partition coefficient (Wildman–Crippen LogP) is 0.0377. The summed E-state index contributed by atoms with van der Waals surface area (Å²) in [7, 11) is -3.28. The third-order valence-corrected chi connectivity index (χ3v) is 5.02. The zero-order valence-corrected chi connectivity index (χ0v) is 11.4. The van der Waals surface area contributed by atoms with Gasteiger partial charge in [-0.25, -0.2) is 8.42 Å². The topological polar surface area (TPSA) is 75.3 Å². The van der Waals surface area contributed by atoms with Gasteiger partial charge in [0.15, 0.2) is 9.84 Å². The Labute approximate surface area is 112 Å². The maximum absolute atomic E-state index is 12.1. The molecule has 3 rings (SSSR count). The Bertz CT molecular complexity index is 617. The van der Waals surface area contributed by atoms with Crippen molar-refractivity contribution in [2.24, 2.45) is 11.8 Å². The smallest absolute Gasteiger partial charge is 0.251 e. The van der Waals surface area contributed by atoms with Crippen LogP contribution in [0, 0.1) is 11.8 Å². The van der Waals surface area contributed by atoms with Crippen LogP contribution >= 0.6 is 0 Å². The van der Waals surface area contributed by atoms with E-state index >= 15 is 0 Å². The van der Waals surface area contributed by atoms with E-state index < -0.39 is 9.84 Å². The van der Waals surface area contributed by atoms with E-state index in [0.29, 0.717) is 17.4 Å². The van der Waals surface area contributed by atoms with E-state index in [1.165, 1.54) is 12.1 Å². The molecule has 1 aromatic carbocycles. The highest BCUT2D eigenvalue weighted by atomic mass is 32.2. The number of hydrogen-bond donors (Lipinski definition) is 2. The van der Waals surface area contributed by atoms with Gasteiger partial charge in [-0.2, -0.15) is 0 Å². The van der Waals surface area contributed by atoms with E-state index in [1.807, 2.05) is 0 Å². The summed E-state index contributed by atoms with van der Waals surface area (Å²) < 4.78 is 22.9. The van der Waals surface area contributed by atoms with Crippen LogP contribution in [0.5, 0.6) is 0 Å². The summed E-state index contributed by atoms with van der Waals surface area (Å²) >= 11 is 0. The average molecular weight is 280 g/mol. The van der Waals surface area contributed by atoms with Gasteiger partial charge in [0.05, 0.1) is 4.90 Å². The first-order valence-corrected chi connectivity index (χ1v) is 8.17. The fraction of sp³-hybridized carbons (Fsp3) is 0.462. The van der Waals surface area contributed by atoms with Crippen LogP contribution < -0.4 is 10.6 Å². The molecule has 1 unspecified atom stereocenters. The van der Waals surface area contributed by atoms with Crippen molar-refractivity contribution in [3.8, 4) is 0 Å². The number of piperidine rings is 1. The molecule has 1 saturated carbocycles. The average Bonchev–Trinajstić information content (AvgIpc) is 2.81. The van der Waals surface area contributed by atoms with E-state index in [9.17, 15) is 13.2 Å². The summed E-state index contributed by atoms with van der Waals surface area (Å²) in [6.45, 7) is 1.91. The van der Waals surface area contributed by atoms with Gasteiger partial charge in [0, 0.05) is 31.0 Å². The summed E-state index contributed by atoms with van der Waals surface area (Å²) in [6, 6.07) is 6.42. The molecule has 1 amide bonds. The van der Waals surface area contributed by atoms with E-state index in [0.717, 1.165) is 19.3 Å². The Morgan fingerprint density at radius 2 is 2.00 bits per heavy atom. The highest BCUT2D eigenvalue weighted by molar-refractivity contribution is 7.90. The summed E-state index contributed by atoms with van der Waals surface area (Å²) in [5, 5.41) is 6.24. The summed E-state index contributed by atoms with van der Waals surface area (Å²) in [4.78, 5) is 12.3. The van der Waals surface area contributed by atoms with Crippen LogP contribution in [-0.4, -0.2) is 39.7 Å². The molecular formula is C13H16N2O3S. The van der Waals surface area contributed by atoms with Crippen LogP contribution in [0.1, 0.15) is 10.4 Å². The van der Waals surface area contributed by atoms with Crippen molar-refractivity contribution >= 4 is 15.7 Å². The largest absolute Gasteiger partial charge is 0.349 e. The second-order valence-corrected chi connectivity index (χ2v) is 7.30. The maximum Gasteiger partial charge on any atom is 0.251 e. The van der Waals surface area contributed by atoms with Gasteiger partial charge in [-0.05, 0) is 30.0 Å². The molecule has 2 N–H and O–H groups in total. The molecule has 0 radical (unpaired) electrons. The molecule has 5 nitrogen and oxygen atoms in total. The number of rotatable bonds is 3. The first-order chi connectivity index (χ1) is 8.97. The predicted molar refractivity (Wildman–Crippen MR) is 70.7 cm³/mol. The second kappa shape index (κ2) is 4.31. The summed E-state index contributed by atoms with van der Waals surface area (Å²) in [5.74, 6) is 0.897. The number of carbonyl (C=O) groups excluding carboxylic acids is 1. The van der Waals surface area contributed by atoms with Gasteiger partial charge in [-0.3, -0.25) is 4.79 Å². The first kappa shape index (κ1) is 12.6. The van der Waals surface area contributed by atoms with Crippen molar-refractivity contribution in [1.82, 2.24) is 10.6 Å². The van der Waals surface area contributed by atoms with Crippen molar-refractivity contribution in [3.05, 3.63) is 29.8 Å². The third kappa shape index (κ3) is 2.37. The van der Waals surface area contributed by atoms with Crippen LogP contribution in [0.3, 0.4) is 0 Å². The molecule has 102 valence electrons. The lowest BCUT2D eigenvalue weighted by Crippen LogP contribution is -2.32. The van der Waals surface area contributed by atoms with Gasteiger partial charge in [0.2, 0.25) is 0 Å². The Morgan fingerprint density at radius 3 is 2.63 bits per heavy atom. The van der Waals surface area contributed by atoms with E-state index in [4.69, 9.17) is 0 Å². The van der Waals surface area contributed by atoms with Gasteiger partial charge in [0.25, 0.3) is 5.91 Å². The quantitative estimate of drug-likeness (QED) is 0.819. The monoisotopic (exact) mass is 280 g/mol. The van der Waals surface area contributed by atoms with Crippen LogP contribution in [0.2, 0.25) is 0 Å². The first-order valence-electron chi connectivity index (χ1n) is 6.28. The Morgan fingerprint density at radius 1 is 1.32 bits per heavy atom. The molecule has 3 atom stereocenters. The maximum atomic E-state index is 12.1. The van der Waals surface area contributed by atoms with E-state index in [-0.39, 0.29) is 16.8 Å². The van der Waals surface area contributed by atoms with Crippen LogP contribution in [0.15, 0.2) is 29.2 Å². The van der Waals surface area contributed by atoms with Gasteiger partial charge in [0.1, 0.15) is 0 Å². The molecule has 1 aliphatic carbocycles. The molecule has 1 aliphatic heterocycles. The van der Waals surface area contributed by atoms with Gasteiger partial charge >= 0.3 is 0 Å². The minimum Gasteiger partial charge on any atom is -0.349 e.